The molecule has 0 saturated carbocycles. The number of carboxylic acids is 1. The Bertz CT molecular complexity index is 992. The molecule has 3 aromatic rings. The Labute approximate surface area is 157 Å². The number of carbonyl (C=O) groups is 1. The van der Waals surface area contributed by atoms with Crippen molar-refractivity contribution in [2.45, 2.75) is 33.1 Å². The van der Waals surface area contributed by atoms with E-state index in [2.05, 4.69) is 24.0 Å². The van der Waals surface area contributed by atoms with Gasteiger partial charge in [-0.1, -0.05) is 30.7 Å². The number of rotatable bonds is 6. The van der Waals surface area contributed by atoms with Crippen molar-refractivity contribution in [2.75, 3.05) is 0 Å². The standard InChI is InChI=1S/C20H20ClN3O2/c1-3-15-8-9-17-20(14-10-11-22-18(21)12-14)16(13(2)23-24(15)17)6-4-5-7-19(25)26/h4,6,8-12H,3,5,7H2,1-2H3,(H,25,26)/b6-4-. The van der Waals surface area contributed by atoms with Gasteiger partial charge in [0.25, 0.3) is 0 Å². The molecule has 3 heterocycles. The van der Waals surface area contributed by atoms with Crippen LogP contribution in [0.4, 0.5) is 0 Å². The highest BCUT2D eigenvalue weighted by atomic mass is 35.5. The first kappa shape index (κ1) is 18.1. The van der Waals surface area contributed by atoms with Crippen LogP contribution in [0.2, 0.25) is 5.15 Å². The molecule has 1 N–H and O–H groups in total. The van der Waals surface area contributed by atoms with Gasteiger partial charge in [-0.3, -0.25) is 4.79 Å². The lowest BCUT2D eigenvalue weighted by Gasteiger charge is -2.13. The Morgan fingerprint density at radius 2 is 2.15 bits per heavy atom. The second-order valence-corrected chi connectivity index (χ2v) is 6.44. The lowest BCUT2D eigenvalue weighted by molar-refractivity contribution is -0.136. The van der Waals surface area contributed by atoms with Crippen LogP contribution in [0.3, 0.4) is 0 Å². The number of halogens is 1. The minimum absolute atomic E-state index is 0.104. The van der Waals surface area contributed by atoms with E-state index in [0.717, 1.165) is 40.0 Å². The molecule has 0 saturated heterocycles. The number of hydrogen-bond acceptors (Lipinski definition) is 3. The van der Waals surface area contributed by atoms with Crippen LogP contribution >= 0.6 is 11.6 Å². The summed E-state index contributed by atoms with van der Waals surface area (Å²) >= 11 is 6.12. The van der Waals surface area contributed by atoms with E-state index >= 15 is 0 Å². The molecule has 3 aromatic heterocycles. The van der Waals surface area contributed by atoms with Crippen LogP contribution in [0.15, 0.2) is 36.5 Å². The number of aryl methyl sites for hydroxylation is 2. The molecule has 0 aliphatic carbocycles. The molecule has 0 fully saturated rings. The van der Waals surface area contributed by atoms with Gasteiger partial charge < -0.3 is 5.11 Å². The predicted molar refractivity (Wildman–Crippen MR) is 103 cm³/mol. The van der Waals surface area contributed by atoms with Crippen molar-refractivity contribution < 1.29 is 9.90 Å². The van der Waals surface area contributed by atoms with Gasteiger partial charge in [-0.15, -0.1) is 0 Å². The van der Waals surface area contributed by atoms with Gasteiger partial charge in [0.1, 0.15) is 5.15 Å². The van der Waals surface area contributed by atoms with Crippen LogP contribution in [0, 0.1) is 6.92 Å². The van der Waals surface area contributed by atoms with E-state index in [9.17, 15) is 4.79 Å². The van der Waals surface area contributed by atoms with Crippen molar-refractivity contribution >= 4 is 29.2 Å². The Balaban J connectivity index is 2.20. The van der Waals surface area contributed by atoms with Crippen LogP contribution in [0.25, 0.3) is 22.7 Å². The van der Waals surface area contributed by atoms with Crippen LogP contribution in [0.1, 0.15) is 36.7 Å². The van der Waals surface area contributed by atoms with E-state index in [1.165, 1.54) is 0 Å². The highest BCUT2D eigenvalue weighted by Crippen LogP contribution is 2.33. The Kier molecular flexibility index (Phi) is 5.38. The highest BCUT2D eigenvalue weighted by Gasteiger charge is 2.15. The maximum absolute atomic E-state index is 10.7. The summed E-state index contributed by atoms with van der Waals surface area (Å²) < 4.78 is 1.97. The minimum atomic E-state index is -0.805. The molecule has 0 amide bonds. The van der Waals surface area contributed by atoms with Crippen LogP contribution in [-0.4, -0.2) is 25.7 Å². The molecule has 0 atom stereocenters. The maximum atomic E-state index is 10.7. The average Bonchev–Trinajstić information content (AvgIpc) is 3.00. The predicted octanol–water partition coefficient (Wildman–Crippen LogP) is 4.80. The molecule has 0 aliphatic heterocycles. The lowest BCUT2D eigenvalue weighted by atomic mass is 9.99. The Morgan fingerprint density at radius 1 is 1.35 bits per heavy atom. The maximum Gasteiger partial charge on any atom is 0.303 e. The second kappa shape index (κ2) is 7.70. The summed E-state index contributed by atoms with van der Waals surface area (Å²) in [6.45, 7) is 4.06. The highest BCUT2D eigenvalue weighted by molar-refractivity contribution is 6.29. The van der Waals surface area contributed by atoms with Crippen molar-refractivity contribution in [2.24, 2.45) is 0 Å². The number of hydrogen-bond donors (Lipinski definition) is 1. The fourth-order valence-electron chi connectivity index (χ4n) is 3.04. The average molecular weight is 370 g/mol. The van der Waals surface area contributed by atoms with Crippen molar-refractivity contribution in [3.05, 3.63) is 58.6 Å². The third-order valence-corrected chi connectivity index (χ3v) is 4.49. The molecule has 6 heteroatoms. The number of pyridine rings is 1. The van der Waals surface area contributed by atoms with Crippen LogP contribution in [0.5, 0.6) is 0 Å². The summed E-state index contributed by atoms with van der Waals surface area (Å²) in [6.07, 6.45) is 6.97. The smallest absolute Gasteiger partial charge is 0.303 e. The first-order valence-electron chi connectivity index (χ1n) is 8.52. The lowest BCUT2D eigenvalue weighted by Crippen LogP contribution is -2.03. The summed E-state index contributed by atoms with van der Waals surface area (Å²) in [5.41, 5.74) is 5.94. The normalized spacial score (nSPS) is 11.5. The summed E-state index contributed by atoms with van der Waals surface area (Å²) in [4.78, 5) is 14.8. The van der Waals surface area contributed by atoms with Crippen molar-refractivity contribution in [1.29, 1.82) is 0 Å². The number of nitrogens with zero attached hydrogens (tertiary/aromatic N) is 3. The first-order chi connectivity index (χ1) is 12.5. The van der Waals surface area contributed by atoms with E-state index in [1.807, 2.05) is 35.7 Å². The van der Waals surface area contributed by atoms with Crippen LogP contribution in [-0.2, 0) is 11.2 Å². The Hall–Kier alpha value is -2.66. The van der Waals surface area contributed by atoms with Gasteiger partial charge in [0, 0.05) is 29.4 Å². The molecule has 5 nitrogen and oxygen atoms in total. The molecule has 0 bridgehead atoms. The number of allylic oxidation sites excluding steroid dienone is 1. The molecule has 26 heavy (non-hydrogen) atoms. The molecule has 0 spiro atoms. The van der Waals surface area contributed by atoms with E-state index < -0.39 is 5.97 Å². The minimum Gasteiger partial charge on any atom is -0.481 e. The Morgan fingerprint density at radius 3 is 2.85 bits per heavy atom. The summed E-state index contributed by atoms with van der Waals surface area (Å²) in [5, 5.41) is 14.0. The molecular formula is C20H20ClN3O2. The molecule has 0 aliphatic rings. The third kappa shape index (κ3) is 3.63. The topological polar surface area (TPSA) is 67.5 Å². The summed E-state index contributed by atoms with van der Waals surface area (Å²) in [6, 6.07) is 7.90. The van der Waals surface area contributed by atoms with Gasteiger partial charge in [0.05, 0.1) is 11.2 Å². The molecule has 134 valence electrons. The number of aliphatic carboxylic acids is 1. The quantitative estimate of drug-likeness (QED) is 0.634. The zero-order chi connectivity index (χ0) is 18.7. The molecular weight excluding hydrogens is 350 g/mol. The second-order valence-electron chi connectivity index (χ2n) is 6.05. The van der Waals surface area contributed by atoms with Crippen LogP contribution < -0.4 is 0 Å². The van der Waals surface area contributed by atoms with Gasteiger partial charge >= 0.3 is 5.97 Å². The SMILES string of the molecule is CCc1ccc2c(-c3ccnc(Cl)c3)c(/C=C\CCC(=O)O)c(C)nn12. The van der Waals surface area contributed by atoms with E-state index in [4.69, 9.17) is 21.8 Å². The van der Waals surface area contributed by atoms with Gasteiger partial charge in [-0.2, -0.15) is 5.10 Å². The van der Waals surface area contributed by atoms with Gasteiger partial charge in [-0.25, -0.2) is 9.50 Å². The van der Waals surface area contributed by atoms with Crippen molar-refractivity contribution in [1.82, 2.24) is 14.6 Å². The molecule has 0 aromatic carbocycles. The summed E-state index contributed by atoms with van der Waals surface area (Å²) in [5.74, 6) is -0.805. The number of carboxylic acid groups (broad SMARTS) is 1. The van der Waals surface area contributed by atoms with E-state index in [-0.39, 0.29) is 6.42 Å². The van der Waals surface area contributed by atoms with Gasteiger partial charge in [-0.05, 0) is 49.6 Å². The number of aromatic nitrogens is 3. The van der Waals surface area contributed by atoms with Gasteiger partial charge in [0.15, 0.2) is 0 Å². The fourth-order valence-corrected chi connectivity index (χ4v) is 3.22. The number of fused-ring (bicyclic) bond motifs is 1. The summed E-state index contributed by atoms with van der Waals surface area (Å²) in [7, 11) is 0. The fraction of sp³-hybridized carbons (Fsp3) is 0.250. The zero-order valence-electron chi connectivity index (χ0n) is 14.7. The van der Waals surface area contributed by atoms with E-state index in [0.29, 0.717) is 11.6 Å². The first-order valence-corrected chi connectivity index (χ1v) is 8.90. The third-order valence-electron chi connectivity index (χ3n) is 4.29. The zero-order valence-corrected chi connectivity index (χ0v) is 15.5. The largest absolute Gasteiger partial charge is 0.481 e. The van der Waals surface area contributed by atoms with Gasteiger partial charge in [0.2, 0.25) is 0 Å². The van der Waals surface area contributed by atoms with Crippen molar-refractivity contribution in [3.63, 3.8) is 0 Å². The molecule has 3 rings (SSSR count). The monoisotopic (exact) mass is 369 g/mol. The molecule has 0 radical (unpaired) electrons. The molecule has 0 unspecified atom stereocenters. The van der Waals surface area contributed by atoms with Crippen molar-refractivity contribution in [3.8, 4) is 11.1 Å². The van der Waals surface area contributed by atoms with E-state index in [1.54, 1.807) is 6.20 Å².